The summed E-state index contributed by atoms with van der Waals surface area (Å²) in [4.78, 5) is 2.52. The number of piperidine rings is 1. The minimum Gasteiger partial charge on any atom is -0.371 e. The quantitative estimate of drug-likeness (QED) is 0.877. The summed E-state index contributed by atoms with van der Waals surface area (Å²) in [6.45, 7) is 3.23. The van der Waals surface area contributed by atoms with Crippen LogP contribution in [0.4, 0.5) is 5.69 Å². The van der Waals surface area contributed by atoms with Gasteiger partial charge in [0.1, 0.15) is 0 Å². The van der Waals surface area contributed by atoms with Crippen LogP contribution < -0.4 is 10.2 Å². The Morgan fingerprint density at radius 3 is 2.43 bits per heavy atom. The Morgan fingerprint density at radius 2 is 1.81 bits per heavy atom. The topological polar surface area (TPSA) is 15.3 Å². The van der Waals surface area contributed by atoms with Crippen LogP contribution in [0, 0.1) is 5.41 Å². The fourth-order valence-corrected chi connectivity index (χ4v) is 4.35. The molecule has 1 spiro atoms. The molecule has 2 nitrogen and oxygen atoms in total. The van der Waals surface area contributed by atoms with Gasteiger partial charge < -0.3 is 10.2 Å². The molecular weight excluding hydrogens is 280 g/mol. The normalized spacial score (nSPS) is 21.7. The SMILES string of the molecule is CNCc1ccc(N2CCC3(CCCCC3)CC2)cc1Cl. The molecule has 1 saturated carbocycles. The Balaban J connectivity index is 1.65. The maximum Gasteiger partial charge on any atom is 0.0471 e. The molecule has 0 unspecified atom stereocenters. The second-order valence-electron chi connectivity index (χ2n) is 6.85. The molecule has 2 fully saturated rings. The summed E-state index contributed by atoms with van der Waals surface area (Å²) >= 11 is 6.40. The molecule has 1 aliphatic carbocycles. The highest BCUT2D eigenvalue weighted by molar-refractivity contribution is 6.31. The molecule has 21 heavy (non-hydrogen) atoms. The van der Waals surface area contributed by atoms with Crippen molar-refractivity contribution in [3.05, 3.63) is 28.8 Å². The Morgan fingerprint density at radius 1 is 1.10 bits per heavy atom. The summed E-state index contributed by atoms with van der Waals surface area (Å²) in [5, 5.41) is 4.05. The standard InChI is InChI=1S/C18H27ClN2/c1-20-14-15-5-6-16(13-17(15)19)21-11-9-18(10-12-21)7-3-2-4-8-18/h5-6,13,20H,2-4,7-12,14H2,1H3. The Kier molecular flexibility index (Phi) is 4.75. The van der Waals surface area contributed by atoms with Crippen LogP contribution in [0.2, 0.25) is 5.02 Å². The lowest BCUT2D eigenvalue weighted by Gasteiger charge is -2.45. The maximum absolute atomic E-state index is 6.40. The van der Waals surface area contributed by atoms with Crippen LogP contribution >= 0.6 is 11.6 Å². The number of hydrogen-bond acceptors (Lipinski definition) is 2. The van der Waals surface area contributed by atoms with Gasteiger partial charge in [-0.15, -0.1) is 0 Å². The second-order valence-corrected chi connectivity index (χ2v) is 7.26. The summed E-state index contributed by atoms with van der Waals surface area (Å²) in [7, 11) is 1.96. The van der Waals surface area contributed by atoms with Crippen molar-refractivity contribution < 1.29 is 0 Å². The number of halogens is 1. The highest BCUT2D eigenvalue weighted by Crippen LogP contribution is 2.45. The molecule has 116 valence electrons. The number of anilines is 1. The molecule has 1 heterocycles. The number of nitrogens with zero attached hydrogens (tertiary/aromatic N) is 1. The van der Waals surface area contributed by atoms with Crippen LogP contribution in [0.1, 0.15) is 50.5 Å². The minimum absolute atomic E-state index is 0.671. The lowest BCUT2D eigenvalue weighted by Crippen LogP contribution is -2.41. The van der Waals surface area contributed by atoms with Gasteiger partial charge in [-0.1, -0.05) is 36.9 Å². The average molecular weight is 307 g/mol. The van der Waals surface area contributed by atoms with Crippen molar-refractivity contribution in [1.29, 1.82) is 0 Å². The fourth-order valence-electron chi connectivity index (χ4n) is 4.11. The van der Waals surface area contributed by atoms with E-state index in [4.69, 9.17) is 11.6 Å². The first-order valence-electron chi connectivity index (χ1n) is 8.40. The molecule has 0 aromatic heterocycles. The highest BCUT2D eigenvalue weighted by atomic mass is 35.5. The molecule has 1 saturated heterocycles. The van der Waals surface area contributed by atoms with Gasteiger partial charge in [-0.3, -0.25) is 0 Å². The van der Waals surface area contributed by atoms with Crippen molar-refractivity contribution in [3.8, 4) is 0 Å². The minimum atomic E-state index is 0.671. The van der Waals surface area contributed by atoms with Gasteiger partial charge >= 0.3 is 0 Å². The van der Waals surface area contributed by atoms with Gasteiger partial charge in [0.2, 0.25) is 0 Å². The molecule has 1 aromatic carbocycles. The zero-order valence-corrected chi connectivity index (χ0v) is 13.9. The predicted octanol–water partition coefficient (Wildman–Crippen LogP) is 4.61. The van der Waals surface area contributed by atoms with E-state index in [0.717, 1.165) is 11.6 Å². The van der Waals surface area contributed by atoms with Crippen molar-refractivity contribution in [2.75, 3.05) is 25.0 Å². The van der Waals surface area contributed by atoms with Crippen LogP contribution in [-0.2, 0) is 6.54 Å². The molecule has 0 amide bonds. The fraction of sp³-hybridized carbons (Fsp3) is 0.667. The van der Waals surface area contributed by atoms with Gasteiger partial charge in [0.25, 0.3) is 0 Å². The third kappa shape index (κ3) is 3.37. The molecular formula is C18H27ClN2. The van der Waals surface area contributed by atoms with Crippen LogP contribution in [0.5, 0.6) is 0 Å². The van der Waals surface area contributed by atoms with E-state index in [1.807, 2.05) is 7.05 Å². The van der Waals surface area contributed by atoms with Crippen LogP contribution in [-0.4, -0.2) is 20.1 Å². The first-order valence-corrected chi connectivity index (χ1v) is 8.78. The summed E-state index contributed by atoms with van der Waals surface area (Å²) in [5.41, 5.74) is 3.15. The Bertz CT molecular complexity index is 470. The zero-order chi connectivity index (χ0) is 14.7. The zero-order valence-electron chi connectivity index (χ0n) is 13.1. The van der Waals surface area contributed by atoms with E-state index in [2.05, 4.69) is 28.4 Å². The number of hydrogen-bond donors (Lipinski definition) is 1. The van der Waals surface area contributed by atoms with Crippen LogP contribution in [0.3, 0.4) is 0 Å². The van der Waals surface area contributed by atoms with E-state index in [9.17, 15) is 0 Å². The second kappa shape index (κ2) is 6.58. The number of nitrogens with one attached hydrogen (secondary N) is 1. The molecule has 0 radical (unpaired) electrons. The third-order valence-corrected chi connectivity index (χ3v) is 5.86. The molecule has 3 heteroatoms. The van der Waals surface area contributed by atoms with E-state index in [-0.39, 0.29) is 0 Å². The van der Waals surface area contributed by atoms with Crippen LogP contribution in [0.25, 0.3) is 0 Å². The molecule has 2 aliphatic rings. The van der Waals surface area contributed by atoms with Crippen molar-refractivity contribution in [2.24, 2.45) is 5.41 Å². The third-order valence-electron chi connectivity index (χ3n) is 5.51. The van der Waals surface area contributed by atoms with Gasteiger partial charge in [-0.05, 0) is 55.8 Å². The molecule has 1 N–H and O–H groups in total. The largest absolute Gasteiger partial charge is 0.371 e. The lowest BCUT2D eigenvalue weighted by molar-refractivity contribution is 0.144. The Labute approximate surface area is 133 Å². The summed E-state index contributed by atoms with van der Waals surface area (Å²) < 4.78 is 0. The van der Waals surface area contributed by atoms with Gasteiger partial charge in [-0.25, -0.2) is 0 Å². The first kappa shape index (κ1) is 15.2. The van der Waals surface area contributed by atoms with Crippen LogP contribution in [0.15, 0.2) is 18.2 Å². The molecule has 1 aromatic rings. The van der Waals surface area contributed by atoms with E-state index in [1.54, 1.807) is 0 Å². The first-order chi connectivity index (χ1) is 10.2. The maximum atomic E-state index is 6.40. The van der Waals surface area contributed by atoms with E-state index in [0.29, 0.717) is 5.41 Å². The average Bonchev–Trinajstić information content (AvgIpc) is 2.51. The van der Waals surface area contributed by atoms with E-state index in [1.165, 1.54) is 69.3 Å². The predicted molar refractivity (Wildman–Crippen MR) is 91.2 cm³/mol. The van der Waals surface area contributed by atoms with E-state index >= 15 is 0 Å². The number of benzene rings is 1. The molecule has 1 aliphatic heterocycles. The molecule has 3 rings (SSSR count). The summed E-state index contributed by atoms with van der Waals surface area (Å²) in [6, 6.07) is 6.55. The van der Waals surface area contributed by atoms with Crippen molar-refractivity contribution in [3.63, 3.8) is 0 Å². The molecule has 0 bridgehead atoms. The van der Waals surface area contributed by atoms with Gasteiger partial charge in [0.05, 0.1) is 0 Å². The highest BCUT2D eigenvalue weighted by Gasteiger charge is 2.35. The molecule has 0 atom stereocenters. The monoisotopic (exact) mass is 306 g/mol. The number of rotatable bonds is 3. The van der Waals surface area contributed by atoms with Crippen molar-refractivity contribution in [1.82, 2.24) is 5.32 Å². The van der Waals surface area contributed by atoms with Gasteiger partial charge in [0, 0.05) is 30.3 Å². The summed E-state index contributed by atoms with van der Waals surface area (Å²) in [5.74, 6) is 0. The lowest BCUT2D eigenvalue weighted by atomic mass is 9.68. The van der Waals surface area contributed by atoms with E-state index < -0.39 is 0 Å². The van der Waals surface area contributed by atoms with Crippen molar-refractivity contribution >= 4 is 17.3 Å². The van der Waals surface area contributed by atoms with Gasteiger partial charge in [-0.2, -0.15) is 0 Å². The van der Waals surface area contributed by atoms with Gasteiger partial charge in [0.15, 0.2) is 0 Å². The van der Waals surface area contributed by atoms with Crippen molar-refractivity contribution in [2.45, 2.75) is 51.5 Å². The smallest absolute Gasteiger partial charge is 0.0471 e. The summed E-state index contributed by atoms with van der Waals surface area (Å²) in [6.07, 6.45) is 10.0. The Hall–Kier alpha value is -0.730.